The number of aryl methyl sites for hydroxylation is 4. The van der Waals surface area contributed by atoms with E-state index in [0.29, 0.717) is 0 Å². The molecule has 20 heavy (non-hydrogen) atoms. The summed E-state index contributed by atoms with van der Waals surface area (Å²) in [6.07, 6.45) is 2.41. The quantitative estimate of drug-likeness (QED) is 0.782. The van der Waals surface area contributed by atoms with Crippen LogP contribution in [0.5, 0.6) is 0 Å². The van der Waals surface area contributed by atoms with Gasteiger partial charge in [-0.25, -0.2) is 9.36 Å². The number of allylic oxidation sites excluding steroid dienone is 2. The highest BCUT2D eigenvalue weighted by Crippen LogP contribution is 2.04. The molecule has 0 N–H and O–H groups in total. The van der Waals surface area contributed by atoms with E-state index in [-0.39, 0.29) is 11.8 Å². The summed E-state index contributed by atoms with van der Waals surface area (Å²) >= 11 is 0. The first kappa shape index (κ1) is 13.9. The van der Waals surface area contributed by atoms with E-state index in [2.05, 4.69) is 10.2 Å². The van der Waals surface area contributed by atoms with Crippen LogP contribution in [0.4, 0.5) is 0 Å². The lowest BCUT2D eigenvalue weighted by molar-refractivity contribution is 0.0924. The van der Waals surface area contributed by atoms with Gasteiger partial charge >= 0.3 is 0 Å². The van der Waals surface area contributed by atoms with Gasteiger partial charge in [0.25, 0.3) is 11.8 Å². The van der Waals surface area contributed by atoms with Gasteiger partial charge in [0.05, 0.1) is 11.4 Å². The fourth-order valence-corrected chi connectivity index (χ4v) is 1.99. The van der Waals surface area contributed by atoms with E-state index in [1.54, 1.807) is 26.0 Å². The van der Waals surface area contributed by atoms with Gasteiger partial charge < -0.3 is 0 Å². The van der Waals surface area contributed by atoms with Crippen molar-refractivity contribution in [3.8, 4) is 0 Å². The van der Waals surface area contributed by atoms with Crippen LogP contribution in [-0.4, -0.2) is 31.4 Å². The highest BCUT2D eigenvalue weighted by Gasteiger charge is 2.10. The molecule has 0 saturated heterocycles. The highest BCUT2D eigenvalue weighted by molar-refractivity contribution is 5.98. The Morgan fingerprint density at radius 3 is 1.45 bits per heavy atom. The Morgan fingerprint density at radius 2 is 1.20 bits per heavy atom. The largest absolute Gasteiger partial charge is 0.271 e. The summed E-state index contributed by atoms with van der Waals surface area (Å²) in [5.74, 6) is -0.712. The molecule has 0 saturated carbocycles. The molecule has 6 heteroatoms. The number of hydrogen-bond donors (Lipinski definition) is 0. The maximum absolute atomic E-state index is 11.9. The normalized spacial score (nSPS) is 11.2. The number of nitrogens with zero attached hydrogens (tertiary/aromatic N) is 4. The lowest BCUT2D eigenvalue weighted by Gasteiger charge is -1.99. The number of rotatable bonds is 2. The summed E-state index contributed by atoms with van der Waals surface area (Å²) in [7, 11) is 0. The van der Waals surface area contributed by atoms with Crippen LogP contribution in [0.2, 0.25) is 0 Å². The van der Waals surface area contributed by atoms with E-state index in [0.717, 1.165) is 22.8 Å². The lowest BCUT2D eigenvalue weighted by atomic mass is 10.4. The standard InChI is InChI=1S/C14H16N4O2/c1-9-7-11(3)17(15-9)13(19)5-6-14(20)18-12(4)8-10(2)16-18/h5-8H,1-4H3/b6-5-. The second kappa shape index (κ2) is 5.24. The Morgan fingerprint density at radius 1 is 0.850 bits per heavy atom. The van der Waals surface area contributed by atoms with Crippen LogP contribution >= 0.6 is 0 Å². The van der Waals surface area contributed by atoms with Crippen molar-refractivity contribution in [1.29, 1.82) is 0 Å². The molecule has 6 nitrogen and oxygen atoms in total. The van der Waals surface area contributed by atoms with Gasteiger partial charge in [0, 0.05) is 23.5 Å². The van der Waals surface area contributed by atoms with Gasteiger partial charge in [-0.05, 0) is 39.8 Å². The molecule has 0 aliphatic carbocycles. The number of aromatic nitrogens is 4. The van der Waals surface area contributed by atoms with Crippen LogP contribution in [0.15, 0.2) is 24.3 Å². The van der Waals surface area contributed by atoms with Gasteiger partial charge in [-0.1, -0.05) is 0 Å². The summed E-state index contributed by atoms with van der Waals surface area (Å²) < 4.78 is 2.53. The van der Waals surface area contributed by atoms with E-state index in [1.807, 2.05) is 13.8 Å². The molecule has 0 radical (unpaired) electrons. The third kappa shape index (κ3) is 2.74. The maximum atomic E-state index is 11.9. The third-order valence-electron chi connectivity index (χ3n) is 2.81. The predicted molar refractivity (Wildman–Crippen MR) is 73.8 cm³/mol. The summed E-state index contributed by atoms with van der Waals surface area (Å²) in [6, 6.07) is 3.60. The van der Waals surface area contributed by atoms with Crippen molar-refractivity contribution in [3.63, 3.8) is 0 Å². The molecule has 0 unspecified atom stereocenters. The fourth-order valence-electron chi connectivity index (χ4n) is 1.99. The molecule has 0 aliphatic heterocycles. The second-order valence-corrected chi connectivity index (χ2v) is 4.69. The van der Waals surface area contributed by atoms with Gasteiger partial charge in [-0.15, -0.1) is 0 Å². The number of hydrogen-bond acceptors (Lipinski definition) is 4. The van der Waals surface area contributed by atoms with Crippen LogP contribution in [0, 0.1) is 27.7 Å². The molecule has 0 amide bonds. The first-order valence-electron chi connectivity index (χ1n) is 6.22. The van der Waals surface area contributed by atoms with Crippen LogP contribution in [0.25, 0.3) is 0 Å². The van der Waals surface area contributed by atoms with Crippen LogP contribution in [0.3, 0.4) is 0 Å². The van der Waals surface area contributed by atoms with E-state index >= 15 is 0 Å². The van der Waals surface area contributed by atoms with Crippen molar-refractivity contribution in [2.75, 3.05) is 0 Å². The maximum Gasteiger partial charge on any atom is 0.271 e. The van der Waals surface area contributed by atoms with Crippen LogP contribution < -0.4 is 0 Å². The van der Waals surface area contributed by atoms with Crippen molar-refractivity contribution < 1.29 is 9.59 Å². The van der Waals surface area contributed by atoms with Gasteiger partial charge in [0.2, 0.25) is 0 Å². The van der Waals surface area contributed by atoms with Crippen molar-refractivity contribution in [3.05, 3.63) is 47.1 Å². The molecule has 2 heterocycles. The minimum Gasteiger partial charge on any atom is -0.267 e. The van der Waals surface area contributed by atoms with Gasteiger partial charge in [0.1, 0.15) is 0 Å². The number of carbonyl (C=O) groups is 2. The first-order valence-corrected chi connectivity index (χ1v) is 6.22. The topological polar surface area (TPSA) is 69.8 Å². The molecular formula is C14H16N4O2. The van der Waals surface area contributed by atoms with Crippen LogP contribution in [-0.2, 0) is 0 Å². The van der Waals surface area contributed by atoms with Crippen molar-refractivity contribution >= 4 is 11.8 Å². The Labute approximate surface area is 116 Å². The minimum atomic E-state index is -0.356. The molecule has 0 aromatic carbocycles. The molecular weight excluding hydrogens is 256 g/mol. The highest BCUT2D eigenvalue weighted by atomic mass is 16.2. The summed E-state index contributed by atoms with van der Waals surface area (Å²) in [5, 5.41) is 8.13. The molecule has 0 fully saturated rings. The Balaban J connectivity index is 2.17. The van der Waals surface area contributed by atoms with E-state index in [1.165, 1.54) is 21.5 Å². The molecule has 0 bridgehead atoms. The fraction of sp³-hybridized carbons (Fsp3) is 0.286. The molecule has 2 rings (SSSR count). The molecule has 0 spiro atoms. The van der Waals surface area contributed by atoms with Crippen molar-refractivity contribution in [1.82, 2.24) is 19.6 Å². The van der Waals surface area contributed by atoms with Gasteiger partial charge in [-0.2, -0.15) is 10.2 Å². The lowest BCUT2D eigenvalue weighted by Crippen LogP contribution is -2.14. The van der Waals surface area contributed by atoms with E-state index in [9.17, 15) is 9.59 Å². The van der Waals surface area contributed by atoms with Gasteiger partial charge in [-0.3, -0.25) is 9.59 Å². The molecule has 104 valence electrons. The second-order valence-electron chi connectivity index (χ2n) is 4.69. The average molecular weight is 272 g/mol. The number of carbonyl (C=O) groups excluding carboxylic acids is 2. The van der Waals surface area contributed by atoms with Crippen molar-refractivity contribution in [2.24, 2.45) is 0 Å². The first-order chi connectivity index (χ1) is 9.38. The molecule has 0 atom stereocenters. The molecule has 2 aromatic heterocycles. The molecule has 0 aliphatic rings. The summed E-state index contributed by atoms with van der Waals surface area (Å²) in [6.45, 7) is 7.19. The van der Waals surface area contributed by atoms with Crippen LogP contribution in [0.1, 0.15) is 32.4 Å². The molecule has 2 aromatic rings. The average Bonchev–Trinajstić information content (AvgIpc) is 2.88. The zero-order chi connectivity index (χ0) is 14.9. The Bertz CT molecular complexity index is 647. The SMILES string of the molecule is Cc1cc(C)n(C(=O)/C=C\C(=O)n2nc(C)cc2C)n1. The third-order valence-corrected chi connectivity index (χ3v) is 2.81. The predicted octanol–water partition coefficient (Wildman–Crippen LogP) is 1.85. The monoisotopic (exact) mass is 272 g/mol. The smallest absolute Gasteiger partial charge is 0.267 e. The summed E-state index contributed by atoms with van der Waals surface area (Å²) in [5.41, 5.74) is 2.98. The van der Waals surface area contributed by atoms with Crippen molar-refractivity contribution in [2.45, 2.75) is 27.7 Å². The zero-order valence-electron chi connectivity index (χ0n) is 11.9. The Hall–Kier alpha value is -2.50. The van der Waals surface area contributed by atoms with E-state index in [4.69, 9.17) is 0 Å². The minimum absolute atomic E-state index is 0.356. The zero-order valence-corrected chi connectivity index (χ0v) is 11.9. The Kier molecular flexibility index (Phi) is 3.65. The van der Waals surface area contributed by atoms with E-state index < -0.39 is 0 Å². The summed E-state index contributed by atoms with van der Waals surface area (Å²) in [4.78, 5) is 23.9. The van der Waals surface area contributed by atoms with Gasteiger partial charge in [0.15, 0.2) is 0 Å².